The lowest BCUT2D eigenvalue weighted by Gasteiger charge is -2.13. The van der Waals surface area contributed by atoms with Gasteiger partial charge in [-0.05, 0) is 54.3 Å². The van der Waals surface area contributed by atoms with Gasteiger partial charge in [-0.3, -0.25) is 15.1 Å². The van der Waals surface area contributed by atoms with Crippen molar-refractivity contribution in [2.75, 3.05) is 26.7 Å². The van der Waals surface area contributed by atoms with Crippen molar-refractivity contribution in [3.05, 3.63) is 100 Å². The molecular weight excluding hydrogens is 520 g/mol. The van der Waals surface area contributed by atoms with E-state index in [1.54, 1.807) is 30.6 Å². The van der Waals surface area contributed by atoms with Crippen LogP contribution in [0.15, 0.2) is 84.0 Å². The van der Waals surface area contributed by atoms with Gasteiger partial charge in [-0.2, -0.15) is 0 Å². The quantitative estimate of drug-likeness (QED) is 0.117. The number of ether oxygens (including phenoxy) is 1. The number of nitro benzene ring substituents is 1. The van der Waals surface area contributed by atoms with Crippen LogP contribution in [0.1, 0.15) is 22.3 Å². The molecule has 3 aromatic carbocycles. The van der Waals surface area contributed by atoms with Crippen LogP contribution in [0.3, 0.4) is 0 Å². The minimum absolute atomic E-state index is 0.166. The summed E-state index contributed by atoms with van der Waals surface area (Å²) in [5.74, 6) is -0.629. The number of carbonyl (C=O) groups excluding carboxylic acids is 1. The molecule has 0 saturated carbocycles. The third kappa shape index (κ3) is 6.82. The van der Waals surface area contributed by atoms with Crippen molar-refractivity contribution in [3.8, 4) is 11.1 Å². The van der Waals surface area contributed by atoms with Crippen LogP contribution in [0.25, 0.3) is 21.9 Å². The van der Waals surface area contributed by atoms with Gasteiger partial charge in [0.2, 0.25) is 10.0 Å². The fourth-order valence-electron chi connectivity index (χ4n) is 4.27. The van der Waals surface area contributed by atoms with Crippen molar-refractivity contribution in [2.24, 2.45) is 0 Å². The van der Waals surface area contributed by atoms with E-state index >= 15 is 0 Å². The van der Waals surface area contributed by atoms with Gasteiger partial charge in [0.05, 0.1) is 22.5 Å². The van der Waals surface area contributed by atoms with Crippen molar-refractivity contribution in [3.63, 3.8) is 0 Å². The number of non-ortho nitro benzene ring substituents is 1. The highest BCUT2D eigenvalue weighted by Crippen LogP contribution is 2.30. The highest BCUT2D eigenvalue weighted by molar-refractivity contribution is 7.89. The molecule has 0 aliphatic rings. The molecular formula is C28H28N4O6S. The topological polar surface area (TPSA) is 141 Å². The Balaban J connectivity index is 1.35. The molecule has 11 heteroatoms. The number of hydrogen-bond donors (Lipinski definition) is 2. The van der Waals surface area contributed by atoms with Crippen molar-refractivity contribution in [1.82, 2.24) is 15.0 Å². The summed E-state index contributed by atoms with van der Waals surface area (Å²) in [5, 5.41) is 15.5. The Morgan fingerprint density at radius 3 is 2.54 bits per heavy atom. The summed E-state index contributed by atoms with van der Waals surface area (Å²) in [6, 6.07) is 19.0. The molecule has 10 nitrogen and oxygen atoms in total. The van der Waals surface area contributed by atoms with E-state index in [2.05, 4.69) is 15.0 Å². The van der Waals surface area contributed by atoms with Crippen LogP contribution in [0.2, 0.25) is 0 Å². The third-order valence-corrected chi connectivity index (χ3v) is 7.72. The highest BCUT2D eigenvalue weighted by Gasteiger charge is 2.19. The number of nitrogens with zero attached hydrogens (tertiary/aromatic N) is 2. The van der Waals surface area contributed by atoms with Gasteiger partial charge in [-0.25, -0.2) is 17.9 Å². The van der Waals surface area contributed by atoms with Gasteiger partial charge in [-0.1, -0.05) is 36.4 Å². The molecule has 1 aromatic heterocycles. The third-order valence-electron chi connectivity index (χ3n) is 6.21. The summed E-state index contributed by atoms with van der Waals surface area (Å²) in [6.07, 6.45) is 4.35. The van der Waals surface area contributed by atoms with Crippen LogP contribution in [0.4, 0.5) is 5.69 Å². The van der Waals surface area contributed by atoms with E-state index in [0.29, 0.717) is 36.9 Å². The van der Waals surface area contributed by atoms with Gasteiger partial charge in [0, 0.05) is 48.4 Å². The van der Waals surface area contributed by atoms with Gasteiger partial charge in [-0.15, -0.1) is 0 Å². The Morgan fingerprint density at radius 2 is 1.79 bits per heavy atom. The summed E-state index contributed by atoms with van der Waals surface area (Å²) in [4.78, 5) is 26.9. The molecule has 0 aliphatic carbocycles. The minimum atomic E-state index is -3.81. The molecule has 2 N–H and O–H groups in total. The number of aryl methyl sites for hydroxylation is 1. The Kier molecular flexibility index (Phi) is 8.97. The number of benzene rings is 3. The van der Waals surface area contributed by atoms with E-state index in [1.807, 2.05) is 36.4 Å². The van der Waals surface area contributed by atoms with E-state index < -0.39 is 20.9 Å². The predicted molar refractivity (Wildman–Crippen MR) is 148 cm³/mol. The van der Waals surface area contributed by atoms with E-state index in [4.69, 9.17) is 4.74 Å². The van der Waals surface area contributed by atoms with E-state index in [-0.39, 0.29) is 22.7 Å². The maximum absolute atomic E-state index is 13.3. The van der Waals surface area contributed by atoms with E-state index in [9.17, 15) is 23.3 Å². The van der Waals surface area contributed by atoms with Crippen LogP contribution >= 0.6 is 0 Å². The summed E-state index contributed by atoms with van der Waals surface area (Å²) >= 11 is 0. The minimum Gasteiger partial charge on any atom is -0.465 e. The van der Waals surface area contributed by atoms with Crippen molar-refractivity contribution in [2.45, 2.75) is 17.7 Å². The van der Waals surface area contributed by atoms with Gasteiger partial charge in [0.1, 0.15) is 0 Å². The molecule has 0 bridgehead atoms. The lowest BCUT2D eigenvalue weighted by Crippen LogP contribution is -2.32. The fraction of sp³-hybridized carbons (Fsp3) is 0.214. The van der Waals surface area contributed by atoms with Gasteiger partial charge in [0.25, 0.3) is 5.69 Å². The number of sulfonamides is 1. The average Bonchev–Trinajstić information content (AvgIpc) is 2.96. The van der Waals surface area contributed by atoms with Crippen LogP contribution < -0.4 is 10.0 Å². The molecule has 0 amide bonds. The van der Waals surface area contributed by atoms with E-state index in [0.717, 1.165) is 16.5 Å². The zero-order valence-electron chi connectivity index (χ0n) is 21.3. The number of rotatable bonds is 12. The number of hydrogen-bond acceptors (Lipinski definition) is 8. The Bertz CT molecular complexity index is 1590. The zero-order valence-corrected chi connectivity index (χ0v) is 22.1. The molecule has 0 saturated heterocycles. The van der Waals surface area contributed by atoms with Crippen LogP contribution in [-0.4, -0.2) is 51.0 Å². The zero-order chi connectivity index (χ0) is 27.8. The average molecular weight is 549 g/mol. The molecule has 0 radical (unpaired) electrons. The smallest absolute Gasteiger partial charge is 0.338 e. The number of methoxy groups -OCH3 is 1. The number of fused-ring (bicyclic) bond motifs is 1. The lowest BCUT2D eigenvalue weighted by atomic mass is 10.0. The second-order valence-corrected chi connectivity index (χ2v) is 10.5. The number of nitrogens with one attached hydrogen (secondary N) is 2. The lowest BCUT2D eigenvalue weighted by molar-refractivity contribution is -0.384. The second-order valence-electron chi connectivity index (χ2n) is 8.78. The molecule has 39 heavy (non-hydrogen) atoms. The Labute approximate surface area is 226 Å². The normalized spacial score (nSPS) is 11.4. The van der Waals surface area contributed by atoms with Gasteiger partial charge in [0.15, 0.2) is 0 Å². The van der Waals surface area contributed by atoms with Crippen molar-refractivity contribution >= 4 is 32.5 Å². The molecule has 202 valence electrons. The number of carbonyl (C=O) groups is 1. The number of pyridine rings is 1. The Hall–Kier alpha value is -4.19. The largest absolute Gasteiger partial charge is 0.465 e. The predicted octanol–water partition coefficient (Wildman–Crippen LogP) is 4.10. The fourth-order valence-corrected chi connectivity index (χ4v) is 5.55. The summed E-state index contributed by atoms with van der Waals surface area (Å²) in [7, 11) is -2.58. The molecule has 1 heterocycles. The second kappa shape index (κ2) is 12.6. The van der Waals surface area contributed by atoms with Gasteiger partial charge < -0.3 is 10.1 Å². The maximum atomic E-state index is 13.3. The first-order valence-corrected chi connectivity index (χ1v) is 13.8. The van der Waals surface area contributed by atoms with Crippen molar-refractivity contribution in [1.29, 1.82) is 0 Å². The number of nitro groups is 1. The molecule has 4 rings (SSSR count). The number of esters is 1. The van der Waals surface area contributed by atoms with Crippen LogP contribution in [0, 0.1) is 10.1 Å². The SMILES string of the molecule is COC(=O)c1cc([N+](=O)[O-])ccc1CCCNCCNS(=O)(=O)c1cc(-c2ccccc2)cc2cnccc12. The maximum Gasteiger partial charge on any atom is 0.338 e. The van der Waals surface area contributed by atoms with Crippen LogP contribution in [0.5, 0.6) is 0 Å². The first-order chi connectivity index (χ1) is 18.8. The molecule has 0 fully saturated rings. The molecule has 4 aromatic rings. The molecule has 0 unspecified atom stereocenters. The highest BCUT2D eigenvalue weighted by atomic mass is 32.2. The molecule has 0 atom stereocenters. The monoisotopic (exact) mass is 548 g/mol. The number of aromatic nitrogens is 1. The molecule has 0 spiro atoms. The standard InChI is InChI=1S/C28H28N4O6S/c1-38-28(33)26-18-24(32(34)35)10-9-21(26)8-5-12-29-14-15-31-39(36,37)27-17-22(20-6-3-2-4-7-20)16-23-19-30-13-11-25(23)27/h2-4,6-7,9-11,13,16-19,29,31H,5,8,12,14-15H2,1H3. The molecule has 0 aliphatic heterocycles. The van der Waals surface area contributed by atoms with Gasteiger partial charge >= 0.3 is 5.97 Å². The summed E-state index contributed by atoms with van der Waals surface area (Å²) in [6.45, 7) is 1.12. The van der Waals surface area contributed by atoms with Crippen LogP contribution in [-0.2, 0) is 21.2 Å². The summed E-state index contributed by atoms with van der Waals surface area (Å²) in [5.41, 5.74) is 2.33. The summed E-state index contributed by atoms with van der Waals surface area (Å²) < 4.78 is 33.9. The van der Waals surface area contributed by atoms with Crippen molar-refractivity contribution < 1.29 is 22.9 Å². The first kappa shape index (κ1) is 27.8. The Morgan fingerprint density at radius 1 is 1.00 bits per heavy atom. The first-order valence-electron chi connectivity index (χ1n) is 12.3. The van der Waals surface area contributed by atoms with E-state index in [1.165, 1.54) is 19.2 Å².